The van der Waals surface area contributed by atoms with Crippen molar-refractivity contribution in [2.75, 3.05) is 20.8 Å². The maximum absolute atomic E-state index is 8.52. The van der Waals surface area contributed by atoms with E-state index in [1.807, 2.05) is 6.08 Å². The van der Waals surface area contributed by atoms with Gasteiger partial charge in [0, 0.05) is 20.8 Å². The zero-order chi connectivity index (χ0) is 10.6. The minimum Gasteiger partial charge on any atom is -0.396 e. The Hall–Kier alpha value is -0.380. The molecule has 0 aromatic heterocycles. The Kier molecular flexibility index (Phi) is 10.4. The fraction of sp³-hybridized carbons (Fsp3) is 0.818. The van der Waals surface area contributed by atoms with Gasteiger partial charge < -0.3 is 14.6 Å². The molecule has 0 aliphatic carbocycles. The first kappa shape index (κ1) is 13.6. The van der Waals surface area contributed by atoms with Crippen molar-refractivity contribution in [3.05, 3.63) is 12.2 Å². The van der Waals surface area contributed by atoms with E-state index in [1.54, 1.807) is 14.2 Å². The van der Waals surface area contributed by atoms with Gasteiger partial charge in [0.25, 0.3) is 0 Å². The molecule has 0 aliphatic rings. The van der Waals surface area contributed by atoms with E-state index in [0.29, 0.717) is 0 Å². The van der Waals surface area contributed by atoms with Crippen molar-refractivity contribution in [2.45, 2.75) is 38.4 Å². The Balaban J connectivity index is 3.19. The number of ether oxygens (including phenoxy) is 2. The third kappa shape index (κ3) is 8.23. The average molecular weight is 202 g/mol. The summed E-state index contributed by atoms with van der Waals surface area (Å²) in [6.45, 7) is 0.242. The third-order valence-corrected chi connectivity index (χ3v) is 2.05. The average Bonchev–Trinajstić information content (AvgIpc) is 2.22. The summed E-state index contributed by atoms with van der Waals surface area (Å²) in [7, 11) is 3.32. The van der Waals surface area contributed by atoms with Crippen LogP contribution in [0.4, 0.5) is 0 Å². The van der Waals surface area contributed by atoms with Crippen molar-refractivity contribution in [3.8, 4) is 0 Å². The molecule has 0 bridgehead atoms. The molecule has 0 unspecified atom stereocenters. The van der Waals surface area contributed by atoms with Gasteiger partial charge in [0.2, 0.25) is 0 Å². The molecule has 84 valence electrons. The second kappa shape index (κ2) is 10.7. The van der Waals surface area contributed by atoms with E-state index in [9.17, 15) is 0 Å². The quantitative estimate of drug-likeness (QED) is 0.353. The first-order valence-electron chi connectivity index (χ1n) is 5.16. The van der Waals surface area contributed by atoms with Gasteiger partial charge in [-0.15, -0.1) is 0 Å². The molecule has 0 heterocycles. The van der Waals surface area contributed by atoms with Crippen LogP contribution in [0.15, 0.2) is 12.2 Å². The van der Waals surface area contributed by atoms with Crippen LogP contribution in [0.1, 0.15) is 32.1 Å². The Bertz CT molecular complexity index is 130. The van der Waals surface area contributed by atoms with Crippen molar-refractivity contribution in [3.63, 3.8) is 0 Å². The molecule has 1 N–H and O–H groups in total. The van der Waals surface area contributed by atoms with Crippen LogP contribution >= 0.6 is 0 Å². The smallest absolute Gasteiger partial charge is 0.156 e. The zero-order valence-corrected chi connectivity index (χ0v) is 9.24. The van der Waals surface area contributed by atoms with Crippen molar-refractivity contribution < 1.29 is 14.6 Å². The lowest BCUT2D eigenvalue weighted by Crippen LogP contribution is -2.12. The second-order valence-corrected chi connectivity index (χ2v) is 3.17. The van der Waals surface area contributed by atoms with Crippen LogP contribution in [0, 0.1) is 0 Å². The predicted octanol–water partition coefficient (Wildman–Crippen LogP) is 2.10. The number of hydrogen-bond donors (Lipinski definition) is 1. The first-order valence-corrected chi connectivity index (χ1v) is 5.16. The van der Waals surface area contributed by atoms with E-state index < -0.39 is 0 Å². The Morgan fingerprint density at radius 2 is 1.71 bits per heavy atom. The topological polar surface area (TPSA) is 38.7 Å². The van der Waals surface area contributed by atoms with Crippen molar-refractivity contribution >= 4 is 0 Å². The van der Waals surface area contributed by atoms with Crippen LogP contribution in [0.5, 0.6) is 0 Å². The van der Waals surface area contributed by atoms with Gasteiger partial charge in [-0.3, -0.25) is 0 Å². The molecule has 0 fully saturated rings. The molecule has 0 amide bonds. The number of unbranched alkanes of at least 4 members (excludes halogenated alkanes) is 2. The van der Waals surface area contributed by atoms with Gasteiger partial charge in [0.15, 0.2) is 6.29 Å². The minimum atomic E-state index is -0.0589. The van der Waals surface area contributed by atoms with Crippen LogP contribution in [0.2, 0.25) is 0 Å². The Labute approximate surface area is 86.7 Å². The normalized spacial score (nSPS) is 11.7. The van der Waals surface area contributed by atoms with E-state index >= 15 is 0 Å². The summed E-state index contributed by atoms with van der Waals surface area (Å²) in [6.07, 6.45) is 9.10. The molecular weight excluding hydrogens is 180 g/mol. The predicted molar refractivity (Wildman–Crippen MR) is 57.1 cm³/mol. The molecule has 0 aliphatic heterocycles. The van der Waals surface area contributed by atoms with E-state index in [1.165, 1.54) is 0 Å². The molecule has 0 saturated heterocycles. The molecule has 0 radical (unpaired) electrons. The number of rotatable bonds is 9. The van der Waals surface area contributed by atoms with Gasteiger partial charge in [0.1, 0.15) is 0 Å². The van der Waals surface area contributed by atoms with Crippen molar-refractivity contribution in [2.24, 2.45) is 0 Å². The summed E-state index contributed by atoms with van der Waals surface area (Å²) in [5.41, 5.74) is 0. The highest BCUT2D eigenvalue weighted by Crippen LogP contribution is 2.07. The van der Waals surface area contributed by atoms with E-state index in [0.717, 1.165) is 32.1 Å². The van der Waals surface area contributed by atoms with Crippen molar-refractivity contribution in [1.82, 2.24) is 0 Å². The number of aliphatic hydroxyl groups is 1. The fourth-order valence-corrected chi connectivity index (χ4v) is 1.22. The summed E-state index contributed by atoms with van der Waals surface area (Å²) < 4.78 is 10.1. The van der Waals surface area contributed by atoms with Gasteiger partial charge in [-0.1, -0.05) is 12.2 Å². The Morgan fingerprint density at radius 3 is 2.29 bits per heavy atom. The van der Waals surface area contributed by atoms with Gasteiger partial charge in [0.05, 0.1) is 0 Å². The highest BCUT2D eigenvalue weighted by molar-refractivity contribution is 4.80. The summed E-state index contributed by atoms with van der Waals surface area (Å²) >= 11 is 0. The number of methoxy groups -OCH3 is 2. The monoisotopic (exact) mass is 202 g/mol. The van der Waals surface area contributed by atoms with E-state index in [-0.39, 0.29) is 12.9 Å². The third-order valence-electron chi connectivity index (χ3n) is 2.05. The maximum Gasteiger partial charge on any atom is 0.156 e. The molecule has 0 atom stereocenters. The zero-order valence-electron chi connectivity index (χ0n) is 9.24. The fourth-order valence-electron chi connectivity index (χ4n) is 1.22. The number of aliphatic hydroxyl groups excluding tert-OH is 1. The SMILES string of the molecule is COC(CCCC/C=C\CCO)OC. The lowest BCUT2D eigenvalue weighted by molar-refractivity contribution is -0.107. The lowest BCUT2D eigenvalue weighted by Gasteiger charge is -2.11. The van der Waals surface area contributed by atoms with E-state index in [4.69, 9.17) is 14.6 Å². The maximum atomic E-state index is 8.52. The van der Waals surface area contributed by atoms with Gasteiger partial charge in [-0.2, -0.15) is 0 Å². The summed E-state index contributed by atoms with van der Waals surface area (Å²) in [4.78, 5) is 0. The molecule has 0 saturated carbocycles. The molecule has 0 rings (SSSR count). The molecular formula is C11H22O3. The summed E-state index contributed by atoms with van der Waals surface area (Å²) in [5, 5.41) is 8.52. The van der Waals surface area contributed by atoms with Crippen LogP contribution in [-0.2, 0) is 9.47 Å². The number of allylic oxidation sites excluding steroid dienone is 1. The summed E-state index contributed by atoms with van der Waals surface area (Å²) in [6, 6.07) is 0. The van der Waals surface area contributed by atoms with Crippen LogP contribution in [-0.4, -0.2) is 32.2 Å². The minimum absolute atomic E-state index is 0.0589. The molecule has 0 spiro atoms. The lowest BCUT2D eigenvalue weighted by atomic mass is 10.2. The van der Waals surface area contributed by atoms with Crippen molar-refractivity contribution in [1.29, 1.82) is 0 Å². The molecule has 0 aromatic carbocycles. The second-order valence-electron chi connectivity index (χ2n) is 3.17. The molecule has 3 nitrogen and oxygen atoms in total. The highest BCUT2D eigenvalue weighted by atomic mass is 16.7. The molecule has 3 heteroatoms. The largest absolute Gasteiger partial charge is 0.396 e. The first-order chi connectivity index (χ1) is 6.85. The summed E-state index contributed by atoms with van der Waals surface area (Å²) in [5.74, 6) is 0. The standard InChI is InChI=1S/C11H22O3/c1-13-11(14-2)9-7-5-3-4-6-8-10-12/h4,6,11-12H,3,5,7-10H2,1-2H3/b6-4-. The number of hydrogen-bond acceptors (Lipinski definition) is 3. The van der Waals surface area contributed by atoms with E-state index in [2.05, 4.69) is 6.08 Å². The van der Waals surface area contributed by atoms with Crippen LogP contribution < -0.4 is 0 Å². The highest BCUT2D eigenvalue weighted by Gasteiger charge is 2.02. The Morgan fingerprint density at radius 1 is 1.07 bits per heavy atom. The van der Waals surface area contributed by atoms with Gasteiger partial charge in [-0.25, -0.2) is 0 Å². The van der Waals surface area contributed by atoms with Crippen LogP contribution in [0.3, 0.4) is 0 Å². The molecule has 0 aromatic rings. The van der Waals surface area contributed by atoms with Gasteiger partial charge >= 0.3 is 0 Å². The van der Waals surface area contributed by atoms with Gasteiger partial charge in [-0.05, 0) is 32.1 Å². The van der Waals surface area contributed by atoms with Crippen LogP contribution in [0.25, 0.3) is 0 Å². The molecule has 14 heavy (non-hydrogen) atoms.